The number of carbonyl (C=O) groups is 1. The van der Waals surface area contributed by atoms with Crippen molar-refractivity contribution >= 4 is 21.6 Å². The lowest BCUT2D eigenvalue weighted by molar-refractivity contribution is -0.121. The van der Waals surface area contributed by atoms with E-state index in [2.05, 4.69) is 5.32 Å². The number of benzene rings is 2. The van der Waals surface area contributed by atoms with Gasteiger partial charge in [0.15, 0.2) is 11.5 Å². The minimum Gasteiger partial charge on any atom is -0.486 e. The lowest BCUT2D eigenvalue weighted by atomic mass is 10.1. The smallest absolute Gasteiger partial charge is 0.264 e. The molecule has 0 aromatic heterocycles. The fraction of sp³-hybridized carbons (Fsp3) is 0.350. The van der Waals surface area contributed by atoms with Crippen LogP contribution in [0.1, 0.15) is 20.8 Å². The Bertz CT molecular complexity index is 1020. The van der Waals surface area contributed by atoms with Crippen LogP contribution in [-0.4, -0.2) is 39.6 Å². The Labute approximate surface area is 169 Å². The topological polar surface area (TPSA) is 84.9 Å². The quantitative estimate of drug-likeness (QED) is 0.801. The second kappa shape index (κ2) is 7.90. The molecule has 3 rings (SSSR count). The van der Waals surface area contributed by atoms with Crippen LogP contribution in [0, 0.1) is 5.82 Å². The van der Waals surface area contributed by atoms with Crippen molar-refractivity contribution < 1.29 is 27.1 Å². The Hall–Kier alpha value is -2.81. The Morgan fingerprint density at radius 2 is 1.79 bits per heavy atom. The molecule has 7 nitrogen and oxygen atoms in total. The van der Waals surface area contributed by atoms with E-state index in [0.29, 0.717) is 24.7 Å². The normalized spacial score (nSPS) is 13.7. The summed E-state index contributed by atoms with van der Waals surface area (Å²) in [7, 11) is -4.18. The van der Waals surface area contributed by atoms with E-state index in [9.17, 15) is 17.6 Å². The van der Waals surface area contributed by atoms with Gasteiger partial charge in [-0.25, -0.2) is 12.8 Å². The van der Waals surface area contributed by atoms with E-state index >= 15 is 0 Å². The van der Waals surface area contributed by atoms with Crippen molar-refractivity contribution in [2.75, 3.05) is 24.1 Å². The minimum atomic E-state index is -4.18. The van der Waals surface area contributed by atoms with Crippen LogP contribution in [0.4, 0.5) is 10.1 Å². The molecule has 1 aliphatic rings. The maximum Gasteiger partial charge on any atom is 0.264 e. The molecule has 0 atom stereocenters. The van der Waals surface area contributed by atoms with Gasteiger partial charge < -0.3 is 14.8 Å². The molecule has 0 saturated carbocycles. The molecule has 0 unspecified atom stereocenters. The first-order valence-electron chi connectivity index (χ1n) is 9.05. The van der Waals surface area contributed by atoms with Gasteiger partial charge in [-0.3, -0.25) is 9.10 Å². The molecule has 0 bridgehead atoms. The van der Waals surface area contributed by atoms with Crippen molar-refractivity contribution in [1.82, 2.24) is 5.32 Å². The van der Waals surface area contributed by atoms with E-state index in [1.165, 1.54) is 36.4 Å². The zero-order valence-electron chi connectivity index (χ0n) is 16.4. The summed E-state index contributed by atoms with van der Waals surface area (Å²) in [6, 6.07) is 9.31. The van der Waals surface area contributed by atoms with Crippen molar-refractivity contribution in [1.29, 1.82) is 0 Å². The van der Waals surface area contributed by atoms with Gasteiger partial charge in [-0.2, -0.15) is 0 Å². The van der Waals surface area contributed by atoms with Gasteiger partial charge in [-0.1, -0.05) is 6.07 Å². The Kier molecular flexibility index (Phi) is 5.70. The predicted molar refractivity (Wildman–Crippen MR) is 106 cm³/mol. The molecule has 0 fully saturated rings. The summed E-state index contributed by atoms with van der Waals surface area (Å²) in [5, 5.41) is 2.72. The van der Waals surface area contributed by atoms with Crippen molar-refractivity contribution in [3.8, 4) is 11.5 Å². The molecule has 1 heterocycles. The van der Waals surface area contributed by atoms with E-state index in [0.717, 1.165) is 10.4 Å². The number of rotatable bonds is 5. The molecule has 0 saturated heterocycles. The number of anilines is 1. The highest BCUT2D eigenvalue weighted by Crippen LogP contribution is 2.34. The zero-order valence-corrected chi connectivity index (χ0v) is 17.3. The predicted octanol–water partition coefficient (Wildman–Crippen LogP) is 2.71. The lowest BCUT2D eigenvalue weighted by Crippen LogP contribution is -2.47. The molecule has 0 spiro atoms. The van der Waals surface area contributed by atoms with E-state index in [-0.39, 0.29) is 10.6 Å². The van der Waals surface area contributed by atoms with Crippen LogP contribution in [0.15, 0.2) is 47.4 Å². The molecule has 2 aromatic rings. The van der Waals surface area contributed by atoms with Crippen LogP contribution < -0.4 is 19.1 Å². The lowest BCUT2D eigenvalue weighted by Gasteiger charge is -2.27. The second-order valence-electron chi connectivity index (χ2n) is 7.60. The van der Waals surface area contributed by atoms with E-state index < -0.39 is 33.8 Å². The molecule has 0 aliphatic carbocycles. The van der Waals surface area contributed by atoms with Gasteiger partial charge in [0.05, 0.1) is 10.6 Å². The van der Waals surface area contributed by atoms with Gasteiger partial charge in [-0.05, 0) is 51.1 Å². The highest BCUT2D eigenvalue weighted by molar-refractivity contribution is 7.92. The van der Waals surface area contributed by atoms with Crippen molar-refractivity contribution in [3.05, 3.63) is 48.3 Å². The molecular weight excluding hydrogens is 399 g/mol. The number of nitrogens with zero attached hydrogens (tertiary/aromatic N) is 1. The van der Waals surface area contributed by atoms with Crippen LogP contribution in [-0.2, 0) is 14.8 Å². The van der Waals surface area contributed by atoms with Crippen LogP contribution >= 0.6 is 0 Å². The molecule has 29 heavy (non-hydrogen) atoms. The third-order valence-corrected chi connectivity index (χ3v) is 5.77. The number of hydrogen-bond donors (Lipinski definition) is 1. The number of ether oxygens (including phenoxy) is 2. The molecule has 156 valence electrons. The van der Waals surface area contributed by atoms with Crippen molar-refractivity contribution in [2.24, 2.45) is 0 Å². The van der Waals surface area contributed by atoms with Gasteiger partial charge in [0.2, 0.25) is 5.91 Å². The molecule has 2 aromatic carbocycles. The summed E-state index contributed by atoms with van der Waals surface area (Å²) < 4.78 is 52.3. The van der Waals surface area contributed by atoms with Crippen LogP contribution in [0.3, 0.4) is 0 Å². The highest BCUT2D eigenvalue weighted by Gasteiger charge is 2.30. The molecular formula is C20H23FN2O5S. The first kappa shape index (κ1) is 20.9. The number of carbonyl (C=O) groups excluding carboxylic acids is 1. The average Bonchev–Trinajstić information content (AvgIpc) is 2.64. The first-order chi connectivity index (χ1) is 13.6. The molecule has 0 radical (unpaired) electrons. The Morgan fingerprint density at radius 1 is 1.10 bits per heavy atom. The maximum atomic E-state index is 13.8. The first-order valence-corrected chi connectivity index (χ1v) is 10.5. The van der Waals surface area contributed by atoms with E-state index in [1.54, 1.807) is 20.8 Å². The molecule has 1 N–H and O–H groups in total. The van der Waals surface area contributed by atoms with E-state index in [1.807, 2.05) is 0 Å². The van der Waals surface area contributed by atoms with Crippen molar-refractivity contribution in [3.63, 3.8) is 0 Å². The van der Waals surface area contributed by atoms with Crippen molar-refractivity contribution in [2.45, 2.75) is 31.2 Å². The minimum absolute atomic E-state index is 0.0453. The highest BCUT2D eigenvalue weighted by atomic mass is 32.2. The van der Waals surface area contributed by atoms with Gasteiger partial charge in [-0.15, -0.1) is 0 Å². The Morgan fingerprint density at radius 3 is 2.45 bits per heavy atom. The summed E-state index contributed by atoms with van der Waals surface area (Å²) in [6.45, 7) is 5.53. The van der Waals surface area contributed by atoms with Gasteiger partial charge in [0.25, 0.3) is 10.0 Å². The number of fused-ring (bicyclic) bond motifs is 1. The Balaban J connectivity index is 2.01. The maximum absolute atomic E-state index is 13.8. The largest absolute Gasteiger partial charge is 0.486 e. The van der Waals surface area contributed by atoms with E-state index in [4.69, 9.17) is 9.47 Å². The summed E-state index contributed by atoms with van der Waals surface area (Å²) in [5.41, 5.74) is -0.505. The monoisotopic (exact) mass is 422 g/mol. The third kappa shape index (κ3) is 4.97. The number of hydrogen-bond acceptors (Lipinski definition) is 5. The second-order valence-corrected chi connectivity index (χ2v) is 9.46. The van der Waals surface area contributed by atoms with Gasteiger partial charge in [0, 0.05) is 11.6 Å². The fourth-order valence-corrected chi connectivity index (χ4v) is 4.27. The van der Waals surface area contributed by atoms with Gasteiger partial charge in [0.1, 0.15) is 25.6 Å². The molecule has 1 aliphatic heterocycles. The summed E-state index contributed by atoms with van der Waals surface area (Å²) >= 11 is 0. The molecule has 9 heteroatoms. The molecule has 1 amide bonds. The van der Waals surface area contributed by atoms with Crippen LogP contribution in [0.25, 0.3) is 0 Å². The zero-order chi connectivity index (χ0) is 21.2. The summed E-state index contributed by atoms with van der Waals surface area (Å²) in [6.07, 6.45) is 0. The summed E-state index contributed by atoms with van der Waals surface area (Å²) in [5.74, 6) is -0.377. The number of sulfonamides is 1. The fourth-order valence-electron chi connectivity index (χ4n) is 2.85. The summed E-state index contributed by atoms with van der Waals surface area (Å²) in [4.78, 5) is 12.4. The standard InChI is InChI=1S/C20H23FN2O5S/c1-20(2,3)22-19(24)13-23(15-6-4-5-14(21)11-15)29(25,26)16-7-8-17-18(12-16)28-10-9-27-17/h4-8,11-12H,9-10,13H2,1-3H3,(H,22,24). The van der Waals surface area contributed by atoms with Crippen LogP contribution in [0.2, 0.25) is 0 Å². The SMILES string of the molecule is CC(C)(C)NC(=O)CN(c1cccc(F)c1)S(=O)(=O)c1ccc2c(c1)OCCO2. The van der Waals surface area contributed by atoms with Crippen LogP contribution in [0.5, 0.6) is 11.5 Å². The number of nitrogens with one attached hydrogen (secondary N) is 1. The van der Waals surface area contributed by atoms with Gasteiger partial charge >= 0.3 is 0 Å². The third-order valence-electron chi connectivity index (χ3n) is 4.00. The number of amides is 1. The number of halogens is 1. The average molecular weight is 422 g/mol.